The first-order valence-corrected chi connectivity index (χ1v) is 5.99. The molecular formula is C12H11ClF2N2O2. The minimum Gasteiger partial charge on any atom is -0.466 e. The van der Waals surface area contributed by atoms with Crippen LogP contribution in [-0.2, 0) is 21.8 Å². The summed E-state index contributed by atoms with van der Waals surface area (Å²) in [4.78, 5) is 15.1. The van der Waals surface area contributed by atoms with E-state index in [1.54, 1.807) is 13.0 Å². The number of nitriles is 1. The first-order valence-electron chi connectivity index (χ1n) is 5.46. The standard InChI is InChI=1S/C12H11ClF2N2O2/c1-2-19-10(18)4-7-3-8(6-16)17-9(5-13)11(7)12(14)15/h3,12H,2,4-5H2,1H3. The SMILES string of the molecule is CCOC(=O)Cc1cc(C#N)nc(CCl)c1C(F)F. The van der Waals surface area contributed by atoms with Gasteiger partial charge in [0.05, 0.1) is 24.6 Å². The third kappa shape index (κ3) is 3.86. The molecule has 0 aliphatic carbocycles. The topological polar surface area (TPSA) is 63.0 Å². The van der Waals surface area contributed by atoms with Crippen molar-refractivity contribution in [3.63, 3.8) is 0 Å². The number of nitrogens with zero attached hydrogens (tertiary/aromatic N) is 2. The quantitative estimate of drug-likeness (QED) is 0.617. The van der Waals surface area contributed by atoms with E-state index in [0.717, 1.165) is 6.07 Å². The number of carbonyl (C=O) groups is 1. The largest absolute Gasteiger partial charge is 0.466 e. The molecule has 0 atom stereocenters. The smallest absolute Gasteiger partial charge is 0.310 e. The fourth-order valence-corrected chi connectivity index (χ4v) is 1.81. The fraction of sp³-hybridized carbons (Fsp3) is 0.417. The highest BCUT2D eigenvalue weighted by molar-refractivity contribution is 6.17. The normalized spacial score (nSPS) is 10.3. The van der Waals surface area contributed by atoms with Gasteiger partial charge in [0.1, 0.15) is 11.8 Å². The maximum atomic E-state index is 13.0. The van der Waals surface area contributed by atoms with Crippen molar-refractivity contribution in [2.24, 2.45) is 0 Å². The number of ether oxygens (including phenoxy) is 1. The predicted molar refractivity (Wildman–Crippen MR) is 63.8 cm³/mol. The van der Waals surface area contributed by atoms with E-state index >= 15 is 0 Å². The molecule has 7 heteroatoms. The van der Waals surface area contributed by atoms with Gasteiger partial charge in [-0.15, -0.1) is 11.6 Å². The van der Waals surface area contributed by atoms with Gasteiger partial charge in [0.2, 0.25) is 0 Å². The Labute approximate surface area is 114 Å². The minimum atomic E-state index is -2.82. The number of carbonyl (C=O) groups excluding carboxylic acids is 1. The van der Waals surface area contributed by atoms with Crippen molar-refractivity contribution in [1.82, 2.24) is 4.98 Å². The molecule has 0 fully saturated rings. The fourth-order valence-electron chi connectivity index (χ4n) is 1.61. The first-order chi connectivity index (χ1) is 9.03. The lowest BCUT2D eigenvalue weighted by molar-refractivity contribution is -0.142. The Morgan fingerprint density at radius 2 is 2.32 bits per heavy atom. The highest BCUT2D eigenvalue weighted by Crippen LogP contribution is 2.28. The Kier molecular flexibility index (Phi) is 5.64. The van der Waals surface area contributed by atoms with Gasteiger partial charge >= 0.3 is 5.97 Å². The summed E-state index contributed by atoms with van der Waals surface area (Å²) < 4.78 is 30.7. The van der Waals surface area contributed by atoms with E-state index in [1.165, 1.54) is 0 Å². The van der Waals surface area contributed by atoms with Gasteiger partial charge in [0, 0.05) is 5.56 Å². The predicted octanol–water partition coefficient (Wildman–Crippen LogP) is 2.74. The van der Waals surface area contributed by atoms with Crippen LogP contribution in [0.25, 0.3) is 0 Å². The van der Waals surface area contributed by atoms with Gasteiger partial charge in [0.25, 0.3) is 6.43 Å². The van der Waals surface area contributed by atoms with Crippen LogP contribution in [0.3, 0.4) is 0 Å². The number of aromatic nitrogens is 1. The molecule has 1 aromatic rings. The van der Waals surface area contributed by atoms with Crippen molar-refractivity contribution < 1.29 is 18.3 Å². The summed E-state index contributed by atoms with van der Waals surface area (Å²) in [6.45, 7) is 1.77. The van der Waals surface area contributed by atoms with Crippen molar-refractivity contribution in [2.75, 3.05) is 6.61 Å². The van der Waals surface area contributed by atoms with Crippen LogP contribution in [-0.4, -0.2) is 17.6 Å². The first kappa shape index (κ1) is 15.3. The van der Waals surface area contributed by atoms with Crippen molar-refractivity contribution >= 4 is 17.6 Å². The van der Waals surface area contributed by atoms with Gasteiger partial charge < -0.3 is 4.74 Å². The monoisotopic (exact) mass is 288 g/mol. The molecule has 0 spiro atoms. The number of halogens is 3. The van der Waals surface area contributed by atoms with Crippen LogP contribution in [0.15, 0.2) is 6.07 Å². The third-order valence-corrected chi connectivity index (χ3v) is 2.58. The molecule has 1 aromatic heterocycles. The Morgan fingerprint density at radius 3 is 2.79 bits per heavy atom. The molecule has 0 aliphatic heterocycles. The molecule has 0 N–H and O–H groups in total. The van der Waals surface area contributed by atoms with Crippen LogP contribution in [0.4, 0.5) is 8.78 Å². The molecule has 0 radical (unpaired) electrons. The molecule has 0 saturated heterocycles. The molecule has 0 aromatic carbocycles. The average Bonchev–Trinajstić information content (AvgIpc) is 2.37. The van der Waals surface area contributed by atoms with Crippen molar-refractivity contribution in [3.05, 3.63) is 28.6 Å². The molecule has 0 saturated carbocycles. The maximum Gasteiger partial charge on any atom is 0.310 e. The van der Waals surface area contributed by atoms with Gasteiger partial charge in [-0.3, -0.25) is 4.79 Å². The van der Waals surface area contributed by atoms with Crippen LogP contribution >= 0.6 is 11.6 Å². The lowest BCUT2D eigenvalue weighted by Gasteiger charge is -2.12. The number of esters is 1. The van der Waals surface area contributed by atoms with Crippen molar-refractivity contribution in [3.8, 4) is 6.07 Å². The number of alkyl halides is 3. The van der Waals surface area contributed by atoms with E-state index in [9.17, 15) is 13.6 Å². The second-order valence-corrected chi connectivity index (χ2v) is 3.82. The summed E-state index contributed by atoms with van der Waals surface area (Å²) in [6, 6.07) is 2.91. The molecule has 0 unspecified atom stereocenters. The second kappa shape index (κ2) is 7.00. The molecule has 102 valence electrons. The van der Waals surface area contributed by atoms with Gasteiger partial charge in [-0.1, -0.05) is 0 Å². The molecular weight excluding hydrogens is 278 g/mol. The highest BCUT2D eigenvalue weighted by atomic mass is 35.5. The van der Waals surface area contributed by atoms with E-state index < -0.39 is 18.0 Å². The summed E-state index contributed by atoms with van der Waals surface area (Å²) in [7, 11) is 0. The Balaban J connectivity index is 3.26. The summed E-state index contributed by atoms with van der Waals surface area (Å²) >= 11 is 5.55. The summed E-state index contributed by atoms with van der Waals surface area (Å²) in [5.74, 6) is -0.898. The van der Waals surface area contributed by atoms with Crippen LogP contribution in [0.2, 0.25) is 0 Å². The Bertz CT molecular complexity index is 515. The molecule has 19 heavy (non-hydrogen) atoms. The molecule has 4 nitrogen and oxygen atoms in total. The summed E-state index contributed by atoms with van der Waals surface area (Å²) in [6.07, 6.45) is -3.16. The van der Waals surface area contributed by atoms with E-state index in [1.807, 2.05) is 0 Å². The lowest BCUT2D eigenvalue weighted by atomic mass is 10.0. The zero-order chi connectivity index (χ0) is 14.4. The van der Waals surface area contributed by atoms with Crippen molar-refractivity contribution in [1.29, 1.82) is 5.26 Å². The summed E-state index contributed by atoms with van der Waals surface area (Å²) in [5, 5.41) is 8.79. The van der Waals surface area contributed by atoms with E-state index in [2.05, 4.69) is 4.98 Å². The van der Waals surface area contributed by atoms with E-state index in [-0.39, 0.29) is 35.9 Å². The van der Waals surface area contributed by atoms with Crippen LogP contribution < -0.4 is 0 Å². The minimum absolute atomic E-state index is 0.0238. The molecule has 1 heterocycles. The number of rotatable bonds is 5. The zero-order valence-corrected chi connectivity index (χ0v) is 10.9. The third-order valence-electron chi connectivity index (χ3n) is 2.32. The molecule has 0 bridgehead atoms. The zero-order valence-electron chi connectivity index (χ0n) is 10.1. The van der Waals surface area contributed by atoms with Crippen LogP contribution in [0, 0.1) is 11.3 Å². The van der Waals surface area contributed by atoms with Crippen molar-refractivity contribution in [2.45, 2.75) is 25.7 Å². The molecule has 0 aliphatic rings. The summed E-state index contributed by atoms with van der Waals surface area (Å²) in [5.41, 5.74) is -0.521. The second-order valence-electron chi connectivity index (χ2n) is 3.55. The van der Waals surface area contributed by atoms with Crippen LogP contribution in [0.1, 0.15) is 35.9 Å². The highest BCUT2D eigenvalue weighted by Gasteiger charge is 2.22. The molecule has 1 rings (SSSR count). The number of hydrogen-bond acceptors (Lipinski definition) is 4. The maximum absolute atomic E-state index is 13.0. The van der Waals surface area contributed by atoms with Gasteiger partial charge in [0.15, 0.2) is 0 Å². The van der Waals surface area contributed by atoms with Crippen LogP contribution in [0.5, 0.6) is 0 Å². The Morgan fingerprint density at radius 1 is 1.63 bits per heavy atom. The number of pyridine rings is 1. The average molecular weight is 289 g/mol. The Hall–Kier alpha value is -1.74. The van der Waals surface area contributed by atoms with E-state index in [0.29, 0.717) is 0 Å². The van der Waals surface area contributed by atoms with Gasteiger partial charge in [-0.25, -0.2) is 13.8 Å². The number of hydrogen-bond donors (Lipinski definition) is 0. The lowest BCUT2D eigenvalue weighted by Crippen LogP contribution is -2.12. The molecule has 0 amide bonds. The van der Waals surface area contributed by atoms with E-state index in [4.69, 9.17) is 21.6 Å². The van der Waals surface area contributed by atoms with Gasteiger partial charge in [-0.2, -0.15) is 5.26 Å². The van der Waals surface area contributed by atoms with Gasteiger partial charge in [-0.05, 0) is 18.6 Å².